The van der Waals surface area contributed by atoms with Gasteiger partial charge in [0.15, 0.2) is 0 Å². The molecule has 5 rings (SSSR count). The molecule has 160 valence electrons. The molecule has 0 bridgehead atoms. The van der Waals surface area contributed by atoms with Crippen molar-refractivity contribution in [3.05, 3.63) is 144 Å². The molecule has 33 heavy (non-hydrogen) atoms. The smallest absolute Gasteiger partial charge is 0.00137 e. The fourth-order valence-corrected chi connectivity index (χ4v) is 4.44. The summed E-state index contributed by atoms with van der Waals surface area (Å²) in [5.41, 5.74) is 13.0. The molecule has 0 nitrogen and oxygen atoms in total. The highest BCUT2D eigenvalue weighted by molar-refractivity contribution is 5.85. The van der Waals surface area contributed by atoms with Gasteiger partial charge in [-0.3, -0.25) is 0 Å². The lowest BCUT2D eigenvalue weighted by molar-refractivity contribution is 1.38. The third-order valence-corrected chi connectivity index (χ3v) is 6.51. The number of hydrogen-bond donors (Lipinski definition) is 0. The molecule has 0 fully saturated rings. The lowest BCUT2D eigenvalue weighted by atomic mass is 9.92. The molecule has 4 aromatic rings. The quantitative estimate of drug-likeness (QED) is 0.306. The Hall–Kier alpha value is -3.90. The van der Waals surface area contributed by atoms with Gasteiger partial charge in [-0.2, -0.15) is 0 Å². The van der Waals surface area contributed by atoms with Crippen molar-refractivity contribution in [2.75, 3.05) is 0 Å². The van der Waals surface area contributed by atoms with Gasteiger partial charge in [0.05, 0.1) is 0 Å². The van der Waals surface area contributed by atoms with Gasteiger partial charge < -0.3 is 0 Å². The molecule has 1 aliphatic rings. The lowest BCUT2D eigenvalue weighted by Gasteiger charge is -2.13. The first-order valence-electron chi connectivity index (χ1n) is 11.6. The van der Waals surface area contributed by atoms with Crippen molar-refractivity contribution in [1.29, 1.82) is 0 Å². The SMILES string of the molecule is CC1=C(C)C=C(c2ccc(-c3ccccc3)cc2)CC(c2ccc(-c3ccccc3)cc2)=C1. The van der Waals surface area contributed by atoms with E-state index in [9.17, 15) is 0 Å². The van der Waals surface area contributed by atoms with Gasteiger partial charge in [0.25, 0.3) is 0 Å². The third-order valence-electron chi connectivity index (χ3n) is 6.51. The Kier molecular flexibility index (Phi) is 5.91. The highest BCUT2D eigenvalue weighted by Gasteiger charge is 2.13. The van der Waals surface area contributed by atoms with Crippen LogP contribution in [0.5, 0.6) is 0 Å². The van der Waals surface area contributed by atoms with Crippen LogP contribution in [0.1, 0.15) is 31.4 Å². The minimum absolute atomic E-state index is 0.921. The summed E-state index contributed by atoms with van der Waals surface area (Å²) < 4.78 is 0. The molecule has 0 radical (unpaired) electrons. The lowest BCUT2D eigenvalue weighted by Crippen LogP contribution is -1.90. The van der Waals surface area contributed by atoms with Crippen LogP contribution >= 0.6 is 0 Å². The minimum atomic E-state index is 0.921. The van der Waals surface area contributed by atoms with Crippen LogP contribution in [0.25, 0.3) is 33.4 Å². The van der Waals surface area contributed by atoms with Crippen molar-refractivity contribution in [1.82, 2.24) is 0 Å². The standard InChI is InChI=1S/C33H28/c1-24-21-32(30-17-13-28(14-18-30)26-9-5-3-6-10-26)23-33(22-25(24)2)31-19-15-29(16-20-31)27-11-7-4-8-12-27/h3-22H,23H2,1-2H3. The zero-order valence-corrected chi connectivity index (χ0v) is 19.3. The van der Waals surface area contributed by atoms with Gasteiger partial charge in [-0.1, -0.05) is 121 Å². The van der Waals surface area contributed by atoms with Crippen LogP contribution in [-0.4, -0.2) is 0 Å². The van der Waals surface area contributed by atoms with Gasteiger partial charge >= 0.3 is 0 Å². The summed E-state index contributed by atoms with van der Waals surface area (Å²) in [4.78, 5) is 0. The number of rotatable bonds is 4. The summed E-state index contributed by atoms with van der Waals surface area (Å²) in [7, 11) is 0. The van der Waals surface area contributed by atoms with Gasteiger partial charge in [0, 0.05) is 0 Å². The zero-order valence-electron chi connectivity index (χ0n) is 19.3. The molecule has 1 aliphatic carbocycles. The molecule has 0 heterocycles. The Labute approximate surface area is 197 Å². The second-order valence-corrected chi connectivity index (χ2v) is 8.77. The van der Waals surface area contributed by atoms with E-state index in [1.165, 1.54) is 55.7 Å². The maximum Gasteiger partial charge on any atom is -0.00137 e. The second kappa shape index (κ2) is 9.30. The second-order valence-electron chi connectivity index (χ2n) is 8.77. The van der Waals surface area contributed by atoms with E-state index in [2.05, 4.69) is 135 Å². The Balaban J connectivity index is 1.44. The van der Waals surface area contributed by atoms with Crippen LogP contribution in [0.2, 0.25) is 0 Å². The number of hydrogen-bond acceptors (Lipinski definition) is 0. The van der Waals surface area contributed by atoms with E-state index < -0.39 is 0 Å². The van der Waals surface area contributed by atoms with Crippen molar-refractivity contribution >= 4 is 11.1 Å². The normalized spacial score (nSPS) is 13.9. The van der Waals surface area contributed by atoms with Crippen LogP contribution in [-0.2, 0) is 0 Å². The molecular formula is C33H28. The van der Waals surface area contributed by atoms with E-state index in [0.717, 1.165) is 6.42 Å². The molecule has 0 saturated carbocycles. The topological polar surface area (TPSA) is 0 Å². The van der Waals surface area contributed by atoms with Crippen molar-refractivity contribution in [2.24, 2.45) is 0 Å². The first-order valence-corrected chi connectivity index (χ1v) is 11.6. The molecule has 0 heteroatoms. The number of benzene rings is 4. The van der Waals surface area contributed by atoms with E-state index in [-0.39, 0.29) is 0 Å². The average Bonchev–Trinajstić information content (AvgIpc) is 3.03. The molecule has 0 N–H and O–H groups in total. The van der Waals surface area contributed by atoms with Crippen molar-refractivity contribution in [3.63, 3.8) is 0 Å². The van der Waals surface area contributed by atoms with E-state index in [0.29, 0.717) is 0 Å². The van der Waals surface area contributed by atoms with E-state index in [1.807, 2.05) is 0 Å². The minimum Gasteiger partial charge on any atom is -0.0622 e. The largest absolute Gasteiger partial charge is 0.0622 e. The van der Waals surface area contributed by atoms with Crippen LogP contribution < -0.4 is 0 Å². The molecule has 4 aromatic carbocycles. The predicted molar refractivity (Wildman–Crippen MR) is 143 cm³/mol. The van der Waals surface area contributed by atoms with Crippen molar-refractivity contribution in [2.45, 2.75) is 20.3 Å². The first kappa shape index (κ1) is 21.0. The van der Waals surface area contributed by atoms with Crippen molar-refractivity contribution in [3.8, 4) is 22.3 Å². The predicted octanol–water partition coefficient (Wildman–Crippen LogP) is 9.23. The fraction of sp³-hybridized carbons (Fsp3) is 0.0909. The summed E-state index contributed by atoms with van der Waals surface area (Å²) in [6.45, 7) is 4.43. The van der Waals surface area contributed by atoms with E-state index >= 15 is 0 Å². The van der Waals surface area contributed by atoms with E-state index in [1.54, 1.807) is 0 Å². The highest BCUT2D eigenvalue weighted by atomic mass is 14.2. The summed E-state index contributed by atoms with van der Waals surface area (Å²) in [5.74, 6) is 0. The van der Waals surface area contributed by atoms with Gasteiger partial charge in [0.2, 0.25) is 0 Å². The van der Waals surface area contributed by atoms with Crippen molar-refractivity contribution < 1.29 is 0 Å². The Morgan fingerprint density at radius 2 is 0.667 bits per heavy atom. The summed E-state index contributed by atoms with van der Waals surface area (Å²) in [6, 6.07) is 39.1. The fourth-order valence-electron chi connectivity index (χ4n) is 4.44. The molecule has 0 atom stereocenters. The average molecular weight is 425 g/mol. The number of allylic oxidation sites excluding steroid dienone is 6. The van der Waals surface area contributed by atoms with Gasteiger partial charge in [0.1, 0.15) is 0 Å². The Morgan fingerprint density at radius 1 is 0.364 bits per heavy atom. The maximum absolute atomic E-state index is 2.36. The highest BCUT2D eigenvalue weighted by Crippen LogP contribution is 2.35. The molecule has 0 spiro atoms. The monoisotopic (exact) mass is 424 g/mol. The van der Waals surface area contributed by atoms with Crippen LogP contribution in [0.4, 0.5) is 0 Å². The van der Waals surface area contributed by atoms with Crippen LogP contribution in [0.3, 0.4) is 0 Å². The van der Waals surface area contributed by atoms with Gasteiger partial charge in [-0.25, -0.2) is 0 Å². The van der Waals surface area contributed by atoms with Gasteiger partial charge in [-0.15, -0.1) is 0 Å². The molecular weight excluding hydrogens is 396 g/mol. The summed E-state index contributed by atoms with van der Waals surface area (Å²) >= 11 is 0. The molecule has 0 aromatic heterocycles. The van der Waals surface area contributed by atoms with E-state index in [4.69, 9.17) is 0 Å². The molecule has 0 unspecified atom stereocenters. The zero-order chi connectivity index (χ0) is 22.6. The molecule has 0 aliphatic heterocycles. The first-order chi connectivity index (χ1) is 16.2. The Morgan fingerprint density at radius 3 is 1.03 bits per heavy atom. The van der Waals surface area contributed by atoms with Crippen LogP contribution in [0, 0.1) is 0 Å². The molecule has 0 saturated heterocycles. The summed E-state index contributed by atoms with van der Waals surface area (Å²) in [6.07, 6.45) is 5.63. The Bertz CT molecular complexity index is 1220. The summed E-state index contributed by atoms with van der Waals surface area (Å²) in [5, 5.41) is 0. The maximum atomic E-state index is 2.36. The molecule has 0 amide bonds. The van der Waals surface area contributed by atoms with Gasteiger partial charge in [-0.05, 0) is 75.9 Å². The van der Waals surface area contributed by atoms with Crippen LogP contribution in [0.15, 0.2) is 132 Å². The third kappa shape index (κ3) is 4.66.